The van der Waals surface area contributed by atoms with E-state index in [-0.39, 0.29) is 11.4 Å². The molecule has 1 rings (SSSR count). The van der Waals surface area contributed by atoms with Crippen LogP contribution in [0.25, 0.3) is 0 Å². The number of sulfonamides is 1. The van der Waals surface area contributed by atoms with Gasteiger partial charge in [0.2, 0.25) is 10.0 Å². The summed E-state index contributed by atoms with van der Waals surface area (Å²) in [6.45, 7) is 3.72. The number of hydrogen-bond acceptors (Lipinski definition) is 3. The van der Waals surface area contributed by atoms with Crippen LogP contribution >= 0.6 is 11.6 Å². The van der Waals surface area contributed by atoms with E-state index in [0.717, 1.165) is 0 Å². The molecule has 1 aromatic rings. The van der Waals surface area contributed by atoms with E-state index in [9.17, 15) is 13.5 Å². The molecule has 0 amide bonds. The molecule has 18 heavy (non-hydrogen) atoms. The Balaban J connectivity index is 2.78. The lowest BCUT2D eigenvalue weighted by atomic mass is 10.2. The molecule has 1 aromatic carbocycles. The van der Waals surface area contributed by atoms with Crippen LogP contribution < -0.4 is 4.72 Å². The third kappa shape index (κ3) is 3.95. The highest BCUT2D eigenvalue weighted by Gasteiger charge is 2.17. The van der Waals surface area contributed by atoms with Crippen molar-refractivity contribution in [1.29, 1.82) is 0 Å². The van der Waals surface area contributed by atoms with Crippen LogP contribution in [0, 0.1) is 6.92 Å². The topological polar surface area (TPSA) is 66.4 Å². The summed E-state index contributed by atoms with van der Waals surface area (Å²) in [6, 6.07) is 4.77. The molecule has 1 unspecified atom stereocenters. The molecule has 0 bridgehead atoms. The molecule has 0 aliphatic heterocycles. The Morgan fingerprint density at radius 3 is 2.72 bits per heavy atom. The average molecular weight is 292 g/mol. The third-order valence-electron chi connectivity index (χ3n) is 2.75. The van der Waals surface area contributed by atoms with E-state index in [1.54, 1.807) is 19.1 Å². The minimum Gasteiger partial charge on any atom is -0.393 e. The second-order valence-electron chi connectivity index (χ2n) is 4.11. The number of hydrogen-bond donors (Lipinski definition) is 2. The number of nitrogens with one attached hydrogen (secondary N) is 1. The lowest BCUT2D eigenvalue weighted by Gasteiger charge is -2.11. The predicted octanol–water partition coefficient (Wildman–Crippen LogP) is 2.09. The number of benzene rings is 1. The van der Waals surface area contributed by atoms with Gasteiger partial charge in [-0.1, -0.05) is 24.6 Å². The molecule has 6 heteroatoms. The lowest BCUT2D eigenvalue weighted by molar-refractivity contribution is 0.162. The van der Waals surface area contributed by atoms with Gasteiger partial charge in [0.15, 0.2) is 0 Å². The molecule has 1 atom stereocenters. The molecule has 0 fully saturated rings. The quantitative estimate of drug-likeness (QED) is 0.843. The summed E-state index contributed by atoms with van der Waals surface area (Å²) in [6.07, 6.45) is 0.529. The first-order chi connectivity index (χ1) is 8.38. The van der Waals surface area contributed by atoms with Gasteiger partial charge in [0, 0.05) is 11.6 Å². The third-order valence-corrected chi connectivity index (χ3v) is 4.76. The molecular weight excluding hydrogens is 274 g/mol. The maximum Gasteiger partial charge on any atom is 0.240 e. The standard InChI is InChI=1S/C12H18ClNO3S/c1-3-10(15)7-8-14-18(16,17)12-6-4-5-11(13)9(12)2/h4-6,10,14-15H,3,7-8H2,1-2H3. The van der Waals surface area contributed by atoms with Crippen molar-refractivity contribution in [2.24, 2.45) is 0 Å². The summed E-state index contributed by atoms with van der Waals surface area (Å²) in [4.78, 5) is 0.181. The van der Waals surface area contributed by atoms with Crippen molar-refractivity contribution in [1.82, 2.24) is 4.72 Å². The average Bonchev–Trinajstić information content (AvgIpc) is 2.32. The Kier molecular flexibility index (Phi) is 5.59. The van der Waals surface area contributed by atoms with E-state index in [0.29, 0.717) is 23.4 Å². The van der Waals surface area contributed by atoms with Gasteiger partial charge in [0.25, 0.3) is 0 Å². The zero-order valence-corrected chi connectivity index (χ0v) is 12.1. The number of aliphatic hydroxyl groups is 1. The lowest BCUT2D eigenvalue weighted by Crippen LogP contribution is -2.27. The molecule has 4 nitrogen and oxygen atoms in total. The van der Waals surface area contributed by atoms with Crippen molar-refractivity contribution in [3.05, 3.63) is 28.8 Å². The van der Waals surface area contributed by atoms with Crippen LogP contribution in [0.4, 0.5) is 0 Å². The molecular formula is C12H18ClNO3S. The smallest absolute Gasteiger partial charge is 0.240 e. The van der Waals surface area contributed by atoms with E-state index >= 15 is 0 Å². The van der Waals surface area contributed by atoms with Gasteiger partial charge in [0.05, 0.1) is 11.0 Å². The summed E-state index contributed by atoms with van der Waals surface area (Å²) in [5, 5.41) is 9.79. The van der Waals surface area contributed by atoms with E-state index in [2.05, 4.69) is 4.72 Å². The Bertz CT molecular complexity index is 502. The predicted molar refractivity (Wildman–Crippen MR) is 72.3 cm³/mol. The number of rotatable bonds is 6. The zero-order valence-electron chi connectivity index (χ0n) is 10.5. The fourth-order valence-corrected chi connectivity index (χ4v) is 3.06. The van der Waals surface area contributed by atoms with Gasteiger partial charge in [-0.3, -0.25) is 0 Å². The summed E-state index contributed by atoms with van der Waals surface area (Å²) in [5.74, 6) is 0. The van der Waals surface area contributed by atoms with Crippen molar-refractivity contribution < 1.29 is 13.5 Å². The first-order valence-electron chi connectivity index (χ1n) is 5.81. The Morgan fingerprint density at radius 1 is 1.44 bits per heavy atom. The maximum atomic E-state index is 12.0. The van der Waals surface area contributed by atoms with E-state index in [1.165, 1.54) is 6.07 Å². The Morgan fingerprint density at radius 2 is 2.11 bits per heavy atom. The van der Waals surface area contributed by atoms with Gasteiger partial charge in [-0.25, -0.2) is 13.1 Å². The van der Waals surface area contributed by atoms with E-state index in [4.69, 9.17) is 11.6 Å². The SMILES string of the molecule is CCC(O)CCNS(=O)(=O)c1cccc(Cl)c1C. The molecule has 0 heterocycles. The minimum absolute atomic E-state index is 0.181. The second-order valence-corrected chi connectivity index (χ2v) is 6.25. The van der Waals surface area contributed by atoms with E-state index < -0.39 is 16.1 Å². The first kappa shape index (κ1) is 15.4. The van der Waals surface area contributed by atoms with Crippen molar-refractivity contribution in [3.63, 3.8) is 0 Å². The van der Waals surface area contributed by atoms with Crippen LogP contribution in [-0.2, 0) is 10.0 Å². The molecule has 2 N–H and O–H groups in total. The van der Waals surface area contributed by atoms with Gasteiger partial charge in [-0.05, 0) is 37.5 Å². The normalized spacial score (nSPS) is 13.6. The van der Waals surface area contributed by atoms with Crippen molar-refractivity contribution in [2.45, 2.75) is 37.7 Å². The summed E-state index contributed by atoms with van der Waals surface area (Å²) in [7, 11) is -3.56. The van der Waals surface area contributed by atoms with E-state index in [1.807, 2.05) is 6.92 Å². The van der Waals surface area contributed by atoms with Crippen molar-refractivity contribution in [2.75, 3.05) is 6.54 Å². The fourth-order valence-electron chi connectivity index (χ4n) is 1.52. The van der Waals surface area contributed by atoms with Crippen LogP contribution in [0.15, 0.2) is 23.1 Å². The first-order valence-corrected chi connectivity index (χ1v) is 7.67. The van der Waals surface area contributed by atoms with Gasteiger partial charge in [-0.2, -0.15) is 0 Å². The molecule has 0 saturated heterocycles. The number of halogens is 1. The molecule has 0 saturated carbocycles. The highest BCUT2D eigenvalue weighted by atomic mass is 35.5. The Labute approximate surface area is 113 Å². The van der Waals surface area contributed by atoms with Gasteiger partial charge in [-0.15, -0.1) is 0 Å². The molecule has 0 aliphatic carbocycles. The molecule has 0 radical (unpaired) electrons. The second kappa shape index (κ2) is 6.52. The maximum absolute atomic E-state index is 12.0. The van der Waals surface area contributed by atoms with Crippen LogP contribution in [-0.4, -0.2) is 26.2 Å². The van der Waals surface area contributed by atoms with Crippen LogP contribution in [0.2, 0.25) is 5.02 Å². The van der Waals surface area contributed by atoms with Crippen molar-refractivity contribution >= 4 is 21.6 Å². The van der Waals surface area contributed by atoms with Crippen molar-refractivity contribution in [3.8, 4) is 0 Å². The van der Waals surface area contributed by atoms with Crippen LogP contribution in [0.5, 0.6) is 0 Å². The highest BCUT2D eigenvalue weighted by Crippen LogP contribution is 2.22. The van der Waals surface area contributed by atoms with Gasteiger partial charge in [0.1, 0.15) is 0 Å². The molecule has 102 valence electrons. The van der Waals surface area contributed by atoms with Gasteiger partial charge >= 0.3 is 0 Å². The fraction of sp³-hybridized carbons (Fsp3) is 0.500. The number of aliphatic hydroxyl groups excluding tert-OH is 1. The zero-order chi connectivity index (χ0) is 13.8. The summed E-state index contributed by atoms with van der Waals surface area (Å²) >= 11 is 5.89. The Hall–Kier alpha value is -0.620. The highest BCUT2D eigenvalue weighted by molar-refractivity contribution is 7.89. The van der Waals surface area contributed by atoms with Crippen LogP contribution in [0.1, 0.15) is 25.3 Å². The van der Waals surface area contributed by atoms with Crippen LogP contribution in [0.3, 0.4) is 0 Å². The summed E-state index contributed by atoms with van der Waals surface area (Å²) < 4.78 is 26.5. The monoisotopic (exact) mass is 291 g/mol. The molecule has 0 aliphatic rings. The summed E-state index contributed by atoms with van der Waals surface area (Å²) in [5.41, 5.74) is 0.530. The largest absolute Gasteiger partial charge is 0.393 e. The minimum atomic E-state index is -3.56. The molecule has 0 spiro atoms. The van der Waals surface area contributed by atoms with Gasteiger partial charge < -0.3 is 5.11 Å². The molecule has 0 aromatic heterocycles.